The molecule has 0 unspecified atom stereocenters. The summed E-state index contributed by atoms with van der Waals surface area (Å²) in [6, 6.07) is 11.7. The Morgan fingerprint density at radius 2 is 1.70 bits per heavy atom. The van der Waals surface area contributed by atoms with Crippen LogP contribution < -0.4 is 9.47 Å². The number of aliphatic hydroxyl groups excluding tert-OH is 1. The molecular weight excluding hydrogens is 382 g/mol. The molecule has 0 saturated heterocycles. The van der Waals surface area contributed by atoms with Gasteiger partial charge in [-0.2, -0.15) is 0 Å². The third kappa shape index (κ3) is 8.66. The van der Waals surface area contributed by atoms with Crippen LogP contribution in [0.15, 0.2) is 42.5 Å². The van der Waals surface area contributed by atoms with Crippen LogP contribution in [0, 0.1) is 0 Å². The fraction of sp³-hybridized carbons (Fsp3) is 0.417. The van der Waals surface area contributed by atoms with Gasteiger partial charge in [0.25, 0.3) is 0 Å². The molecule has 2 rings (SSSR count). The Morgan fingerprint density at radius 1 is 1.00 bits per heavy atom. The number of carboxylic acid groups (broad SMARTS) is 1. The van der Waals surface area contributed by atoms with E-state index in [0.29, 0.717) is 23.7 Å². The van der Waals surface area contributed by atoms with Gasteiger partial charge in [-0.25, -0.2) is 9.78 Å². The lowest BCUT2D eigenvalue weighted by atomic mass is 10.0. The monoisotopic (exact) mass is 413 g/mol. The first-order chi connectivity index (χ1) is 14.6. The number of carboxylic acids is 1. The number of aryl methyl sites for hydroxylation is 1. The number of aromatic nitrogens is 1. The maximum absolute atomic E-state index is 10.7. The van der Waals surface area contributed by atoms with E-state index in [9.17, 15) is 9.90 Å². The molecule has 162 valence electrons. The lowest BCUT2D eigenvalue weighted by Crippen LogP contribution is -2.02. The number of aliphatic hydroxyl groups is 1. The summed E-state index contributed by atoms with van der Waals surface area (Å²) in [5, 5.41) is 18.0. The number of pyridine rings is 1. The first kappa shape index (κ1) is 23.4. The van der Waals surface area contributed by atoms with Crippen LogP contribution in [0.3, 0.4) is 0 Å². The van der Waals surface area contributed by atoms with E-state index < -0.39 is 5.97 Å². The van der Waals surface area contributed by atoms with Crippen LogP contribution in [-0.2, 0) is 17.8 Å². The Kier molecular flexibility index (Phi) is 10.4. The Morgan fingerprint density at radius 3 is 2.37 bits per heavy atom. The van der Waals surface area contributed by atoms with Gasteiger partial charge in [0.05, 0.1) is 26.0 Å². The number of rotatable bonds is 14. The molecule has 6 heteroatoms. The molecule has 0 radical (unpaired) electrons. The highest BCUT2D eigenvalue weighted by Gasteiger charge is 2.05. The maximum atomic E-state index is 10.7. The number of aliphatic carboxylic acids is 1. The van der Waals surface area contributed by atoms with Crippen LogP contribution in [0.4, 0.5) is 0 Å². The van der Waals surface area contributed by atoms with Gasteiger partial charge in [-0.3, -0.25) is 0 Å². The smallest absolute Gasteiger partial charge is 0.328 e. The van der Waals surface area contributed by atoms with E-state index in [1.54, 1.807) is 19.2 Å². The predicted molar refractivity (Wildman–Crippen MR) is 117 cm³/mol. The summed E-state index contributed by atoms with van der Waals surface area (Å²) < 4.78 is 10.9. The standard InChI is InChI=1S/C24H31NO5/c1-29-21-12-9-19(10-13-21)8-6-4-2-3-5-7-17-30-23-15-11-20(18-26)25-22(23)14-16-24(27)28/h9-16,26H,2-8,17-18H2,1H3,(H,27,28)/b16-14+. The van der Waals surface area contributed by atoms with Crippen molar-refractivity contribution in [2.75, 3.05) is 13.7 Å². The van der Waals surface area contributed by atoms with Gasteiger partial charge in [0.1, 0.15) is 17.2 Å². The minimum absolute atomic E-state index is 0.202. The van der Waals surface area contributed by atoms with Crippen molar-refractivity contribution in [2.45, 2.75) is 51.6 Å². The summed E-state index contributed by atoms with van der Waals surface area (Å²) in [6.07, 6.45) is 10.3. The van der Waals surface area contributed by atoms with Crippen molar-refractivity contribution in [1.29, 1.82) is 0 Å². The molecular formula is C24H31NO5. The van der Waals surface area contributed by atoms with Crippen molar-refractivity contribution in [3.8, 4) is 11.5 Å². The largest absolute Gasteiger partial charge is 0.497 e. The number of methoxy groups -OCH3 is 1. The molecule has 1 aromatic carbocycles. The van der Waals surface area contributed by atoms with Gasteiger partial charge < -0.3 is 19.7 Å². The van der Waals surface area contributed by atoms with Gasteiger partial charge in [-0.05, 0) is 55.2 Å². The minimum atomic E-state index is -1.05. The van der Waals surface area contributed by atoms with Crippen LogP contribution in [-0.4, -0.2) is 34.9 Å². The SMILES string of the molecule is COc1ccc(CCCCCCCCOc2ccc(CO)nc2/C=C/C(=O)O)cc1. The van der Waals surface area contributed by atoms with Crippen molar-refractivity contribution >= 4 is 12.0 Å². The lowest BCUT2D eigenvalue weighted by Gasteiger charge is -2.10. The lowest BCUT2D eigenvalue weighted by molar-refractivity contribution is -0.131. The molecule has 0 aliphatic carbocycles. The van der Waals surface area contributed by atoms with E-state index in [4.69, 9.17) is 14.6 Å². The second-order valence-electron chi connectivity index (χ2n) is 7.08. The van der Waals surface area contributed by atoms with E-state index in [1.165, 1.54) is 37.3 Å². The minimum Gasteiger partial charge on any atom is -0.497 e. The van der Waals surface area contributed by atoms with E-state index in [2.05, 4.69) is 17.1 Å². The first-order valence-corrected chi connectivity index (χ1v) is 10.4. The van der Waals surface area contributed by atoms with Crippen LogP contribution in [0.5, 0.6) is 11.5 Å². The third-order valence-electron chi connectivity index (χ3n) is 4.77. The fourth-order valence-electron chi connectivity index (χ4n) is 3.10. The van der Waals surface area contributed by atoms with Crippen LogP contribution in [0.1, 0.15) is 55.5 Å². The van der Waals surface area contributed by atoms with Crippen LogP contribution >= 0.6 is 0 Å². The second kappa shape index (κ2) is 13.4. The third-order valence-corrected chi connectivity index (χ3v) is 4.77. The number of hydrogen-bond donors (Lipinski definition) is 2. The zero-order valence-electron chi connectivity index (χ0n) is 17.5. The quantitative estimate of drug-likeness (QED) is 0.346. The molecule has 30 heavy (non-hydrogen) atoms. The number of ether oxygens (including phenoxy) is 2. The summed E-state index contributed by atoms with van der Waals surface area (Å²) in [5.74, 6) is 0.374. The fourth-order valence-corrected chi connectivity index (χ4v) is 3.10. The molecule has 2 aromatic rings. The first-order valence-electron chi connectivity index (χ1n) is 10.4. The van der Waals surface area contributed by atoms with Gasteiger partial charge in [-0.1, -0.05) is 37.8 Å². The molecule has 0 saturated carbocycles. The van der Waals surface area contributed by atoms with E-state index >= 15 is 0 Å². The molecule has 6 nitrogen and oxygen atoms in total. The number of hydrogen-bond acceptors (Lipinski definition) is 5. The van der Waals surface area contributed by atoms with Crippen molar-refractivity contribution in [2.24, 2.45) is 0 Å². The summed E-state index contributed by atoms with van der Waals surface area (Å²) in [4.78, 5) is 15.0. The molecule has 1 heterocycles. The molecule has 0 aliphatic heterocycles. The number of carbonyl (C=O) groups is 1. The summed E-state index contributed by atoms with van der Waals surface area (Å²) in [7, 11) is 1.68. The molecule has 0 spiro atoms. The van der Waals surface area contributed by atoms with Gasteiger partial charge in [0.15, 0.2) is 0 Å². The predicted octanol–water partition coefficient (Wildman–Crippen LogP) is 4.64. The highest BCUT2D eigenvalue weighted by molar-refractivity contribution is 5.85. The van der Waals surface area contributed by atoms with Gasteiger partial charge >= 0.3 is 5.97 Å². The summed E-state index contributed by atoms with van der Waals surface area (Å²) in [6.45, 7) is 0.354. The zero-order chi connectivity index (χ0) is 21.6. The molecule has 0 fully saturated rings. The normalized spacial score (nSPS) is 11.0. The summed E-state index contributed by atoms with van der Waals surface area (Å²) >= 11 is 0. The Labute approximate surface area is 178 Å². The number of nitrogens with zero attached hydrogens (tertiary/aromatic N) is 1. The Hall–Kier alpha value is -2.86. The van der Waals surface area contributed by atoms with Crippen molar-refractivity contribution in [3.63, 3.8) is 0 Å². The van der Waals surface area contributed by atoms with E-state index in [0.717, 1.165) is 31.1 Å². The van der Waals surface area contributed by atoms with E-state index in [-0.39, 0.29) is 6.61 Å². The highest BCUT2D eigenvalue weighted by Crippen LogP contribution is 2.20. The van der Waals surface area contributed by atoms with Crippen molar-refractivity contribution < 1.29 is 24.5 Å². The van der Waals surface area contributed by atoms with Gasteiger partial charge in [0, 0.05) is 6.08 Å². The van der Waals surface area contributed by atoms with Gasteiger partial charge in [0.2, 0.25) is 0 Å². The van der Waals surface area contributed by atoms with E-state index in [1.807, 2.05) is 12.1 Å². The molecule has 1 aromatic heterocycles. The van der Waals surface area contributed by atoms with Crippen molar-refractivity contribution in [1.82, 2.24) is 4.98 Å². The average molecular weight is 414 g/mol. The Bertz CT molecular complexity index is 802. The summed E-state index contributed by atoms with van der Waals surface area (Å²) in [5.41, 5.74) is 2.24. The second-order valence-corrected chi connectivity index (χ2v) is 7.08. The van der Waals surface area contributed by atoms with Crippen LogP contribution in [0.2, 0.25) is 0 Å². The molecule has 0 atom stereocenters. The van der Waals surface area contributed by atoms with Crippen molar-refractivity contribution in [3.05, 3.63) is 59.4 Å². The number of unbranched alkanes of at least 4 members (excludes halogenated alkanes) is 5. The number of benzene rings is 1. The highest BCUT2D eigenvalue weighted by atomic mass is 16.5. The molecule has 0 bridgehead atoms. The maximum Gasteiger partial charge on any atom is 0.328 e. The average Bonchev–Trinajstić information content (AvgIpc) is 2.77. The molecule has 2 N–H and O–H groups in total. The van der Waals surface area contributed by atoms with Crippen LogP contribution in [0.25, 0.3) is 6.08 Å². The van der Waals surface area contributed by atoms with Gasteiger partial charge in [-0.15, -0.1) is 0 Å². The molecule has 0 amide bonds. The topological polar surface area (TPSA) is 88.9 Å². The Balaban J connectivity index is 1.61. The zero-order valence-corrected chi connectivity index (χ0v) is 17.5. The molecule has 0 aliphatic rings.